The molecular formula is C14H25N5. The first-order valence-electron chi connectivity index (χ1n) is 7.12. The molecule has 1 aliphatic heterocycles. The maximum Gasteiger partial charge on any atom is 0.224 e. The van der Waals surface area contributed by atoms with Gasteiger partial charge in [-0.05, 0) is 39.8 Å². The van der Waals surface area contributed by atoms with Crippen LogP contribution in [0.25, 0.3) is 0 Å². The molecule has 1 aliphatic rings. The highest BCUT2D eigenvalue weighted by Gasteiger charge is 2.24. The Hall–Kier alpha value is -1.36. The van der Waals surface area contributed by atoms with Crippen molar-refractivity contribution in [2.45, 2.75) is 33.2 Å². The second kappa shape index (κ2) is 6.19. The molecule has 2 N–H and O–H groups in total. The summed E-state index contributed by atoms with van der Waals surface area (Å²) in [6, 6.07) is 0.499. The summed E-state index contributed by atoms with van der Waals surface area (Å²) in [5, 5.41) is 6.76. The molecule has 1 saturated heterocycles. The number of anilines is 2. The van der Waals surface area contributed by atoms with Crippen LogP contribution in [0.4, 0.5) is 11.8 Å². The highest BCUT2D eigenvalue weighted by atomic mass is 15.2. The minimum Gasteiger partial charge on any atom is -0.367 e. The third-order valence-electron chi connectivity index (χ3n) is 3.74. The van der Waals surface area contributed by atoms with Crippen molar-refractivity contribution < 1.29 is 0 Å². The Balaban J connectivity index is 2.07. The first-order chi connectivity index (χ1) is 9.10. The molecular weight excluding hydrogens is 238 g/mol. The minimum absolute atomic E-state index is 0.499. The number of hydrogen-bond acceptors (Lipinski definition) is 5. The summed E-state index contributed by atoms with van der Waals surface area (Å²) in [6.07, 6.45) is 3.05. The highest BCUT2D eigenvalue weighted by molar-refractivity contribution is 5.47. The lowest BCUT2D eigenvalue weighted by molar-refractivity contribution is 0.206. The fourth-order valence-corrected chi connectivity index (χ4v) is 2.58. The standard InChI is InChI=1S/C14H25N5/c1-5-15-14-16-8-10(2)13(18-14)17-12-6-7-19(4)9-11(12)3/h8,11-12H,5-7,9H2,1-4H3,(H2,15,16,17,18). The van der Waals surface area contributed by atoms with Crippen molar-refractivity contribution in [1.29, 1.82) is 0 Å². The van der Waals surface area contributed by atoms with Crippen LogP contribution in [-0.4, -0.2) is 47.6 Å². The molecule has 19 heavy (non-hydrogen) atoms. The smallest absolute Gasteiger partial charge is 0.224 e. The third-order valence-corrected chi connectivity index (χ3v) is 3.74. The molecule has 2 unspecified atom stereocenters. The molecule has 1 aromatic rings. The van der Waals surface area contributed by atoms with Crippen LogP contribution in [0, 0.1) is 12.8 Å². The van der Waals surface area contributed by atoms with Crippen LogP contribution in [0.2, 0.25) is 0 Å². The number of aromatic nitrogens is 2. The van der Waals surface area contributed by atoms with Crippen molar-refractivity contribution in [1.82, 2.24) is 14.9 Å². The lowest BCUT2D eigenvalue weighted by atomic mass is 9.94. The van der Waals surface area contributed by atoms with Crippen LogP contribution in [0.15, 0.2) is 6.20 Å². The molecule has 5 nitrogen and oxygen atoms in total. The average molecular weight is 263 g/mol. The monoisotopic (exact) mass is 263 g/mol. The Morgan fingerprint density at radius 1 is 1.47 bits per heavy atom. The van der Waals surface area contributed by atoms with Gasteiger partial charge >= 0.3 is 0 Å². The molecule has 0 bridgehead atoms. The first-order valence-corrected chi connectivity index (χ1v) is 7.12. The predicted octanol–water partition coefficient (Wildman–Crippen LogP) is 1.97. The van der Waals surface area contributed by atoms with E-state index in [1.54, 1.807) is 0 Å². The van der Waals surface area contributed by atoms with E-state index in [9.17, 15) is 0 Å². The molecule has 1 aromatic heterocycles. The van der Waals surface area contributed by atoms with Crippen molar-refractivity contribution in [2.24, 2.45) is 5.92 Å². The summed E-state index contributed by atoms with van der Waals surface area (Å²) < 4.78 is 0. The van der Waals surface area contributed by atoms with Gasteiger partial charge in [-0.15, -0.1) is 0 Å². The van der Waals surface area contributed by atoms with Gasteiger partial charge in [0.15, 0.2) is 0 Å². The van der Waals surface area contributed by atoms with Crippen LogP contribution in [0.3, 0.4) is 0 Å². The summed E-state index contributed by atoms with van der Waals surface area (Å²) in [7, 11) is 2.19. The number of rotatable bonds is 4. The molecule has 2 atom stereocenters. The van der Waals surface area contributed by atoms with E-state index in [4.69, 9.17) is 0 Å². The van der Waals surface area contributed by atoms with Crippen molar-refractivity contribution in [3.8, 4) is 0 Å². The van der Waals surface area contributed by atoms with Crippen LogP contribution >= 0.6 is 0 Å². The average Bonchev–Trinajstić information content (AvgIpc) is 2.37. The Morgan fingerprint density at radius 2 is 2.26 bits per heavy atom. The zero-order valence-corrected chi connectivity index (χ0v) is 12.4. The van der Waals surface area contributed by atoms with Crippen LogP contribution in [-0.2, 0) is 0 Å². The molecule has 1 fully saturated rings. The Labute approximate surface area is 115 Å². The Kier molecular flexibility index (Phi) is 4.58. The topological polar surface area (TPSA) is 53.1 Å². The van der Waals surface area contributed by atoms with Gasteiger partial charge in [0.1, 0.15) is 5.82 Å². The molecule has 0 amide bonds. The van der Waals surface area contributed by atoms with E-state index in [-0.39, 0.29) is 0 Å². The lowest BCUT2D eigenvalue weighted by Gasteiger charge is -2.35. The van der Waals surface area contributed by atoms with E-state index < -0.39 is 0 Å². The van der Waals surface area contributed by atoms with Crippen molar-refractivity contribution >= 4 is 11.8 Å². The van der Waals surface area contributed by atoms with Gasteiger partial charge in [0, 0.05) is 30.9 Å². The molecule has 5 heteroatoms. The number of aryl methyl sites for hydroxylation is 1. The zero-order valence-electron chi connectivity index (χ0n) is 12.4. The van der Waals surface area contributed by atoms with Gasteiger partial charge in [-0.1, -0.05) is 6.92 Å². The molecule has 0 spiro atoms. The van der Waals surface area contributed by atoms with Gasteiger partial charge in [-0.25, -0.2) is 4.98 Å². The quantitative estimate of drug-likeness (QED) is 0.870. The maximum absolute atomic E-state index is 4.56. The predicted molar refractivity (Wildman–Crippen MR) is 79.6 cm³/mol. The summed E-state index contributed by atoms with van der Waals surface area (Å²) >= 11 is 0. The van der Waals surface area contributed by atoms with E-state index in [1.165, 1.54) is 0 Å². The van der Waals surface area contributed by atoms with E-state index in [1.807, 2.05) is 6.20 Å². The van der Waals surface area contributed by atoms with Crippen molar-refractivity contribution in [3.63, 3.8) is 0 Å². The van der Waals surface area contributed by atoms with Crippen LogP contribution in [0.5, 0.6) is 0 Å². The van der Waals surface area contributed by atoms with Gasteiger partial charge in [0.2, 0.25) is 5.95 Å². The molecule has 2 heterocycles. The normalized spacial score (nSPS) is 24.2. The van der Waals surface area contributed by atoms with E-state index in [2.05, 4.69) is 53.3 Å². The number of nitrogens with zero attached hydrogens (tertiary/aromatic N) is 3. The number of likely N-dealkylation sites (tertiary alicyclic amines) is 1. The van der Waals surface area contributed by atoms with E-state index >= 15 is 0 Å². The summed E-state index contributed by atoms with van der Waals surface area (Å²) in [5.41, 5.74) is 1.10. The van der Waals surface area contributed by atoms with Crippen LogP contribution < -0.4 is 10.6 Å². The van der Waals surface area contributed by atoms with Crippen LogP contribution in [0.1, 0.15) is 25.8 Å². The SMILES string of the molecule is CCNc1ncc(C)c(NC2CCN(C)CC2C)n1. The molecule has 106 valence electrons. The van der Waals surface area contributed by atoms with Crippen molar-refractivity contribution in [3.05, 3.63) is 11.8 Å². The molecule has 2 rings (SSSR count). The molecule has 0 radical (unpaired) electrons. The molecule has 0 aromatic carbocycles. The van der Waals surface area contributed by atoms with Gasteiger partial charge in [0.25, 0.3) is 0 Å². The fourth-order valence-electron chi connectivity index (χ4n) is 2.58. The molecule has 0 aliphatic carbocycles. The van der Waals surface area contributed by atoms with Gasteiger partial charge < -0.3 is 15.5 Å². The lowest BCUT2D eigenvalue weighted by Crippen LogP contribution is -2.43. The van der Waals surface area contributed by atoms with Gasteiger partial charge in [-0.2, -0.15) is 4.98 Å². The highest BCUT2D eigenvalue weighted by Crippen LogP contribution is 2.21. The summed E-state index contributed by atoms with van der Waals surface area (Å²) in [6.45, 7) is 9.53. The maximum atomic E-state index is 4.56. The summed E-state index contributed by atoms with van der Waals surface area (Å²) in [5.74, 6) is 2.30. The summed E-state index contributed by atoms with van der Waals surface area (Å²) in [4.78, 5) is 11.2. The third kappa shape index (κ3) is 3.56. The van der Waals surface area contributed by atoms with E-state index in [0.717, 1.165) is 37.4 Å². The molecule has 0 saturated carbocycles. The minimum atomic E-state index is 0.499. The second-order valence-corrected chi connectivity index (χ2v) is 5.53. The van der Waals surface area contributed by atoms with Crippen molar-refractivity contribution in [2.75, 3.05) is 37.3 Å². The first kappa shape index (κ1) is 14.1. The number of nitrogens with one attached hydrogen (secondary N) is 2. The second-order valence-electron chi connectivity index (χ2n) is 5.53. The Morgan fingerprint density at radius 3 is 2.95 bits per heavy atom. The van der Waals surface area contributed by atoms with E-state index in [0.29, 0.717) is 17.9 Å². The van der Waals surface area contributed by atoms with Gasteiger partial charge in [-0.3, -0.25) is 0 Å². The van der Waals surface area contributed by atoms with Gasteiger partial charge in [0.05, 0.1) is 0 Å². The Bertz CT molecular complexity index is 420. The number of hydrogen-bond donors (Lipinski definition) is 2. The fraction of sp³-hybridized carbons (Fsp3) is 0.714. The zero-order chi connectivity index (χ0) is 13.8. The largest absolute Gasteiger partial charge is 0.367 e. The number of piperidine rings is 1.